The van der Waals surface area contributed by atoms with E-state index in [9.17, 15) is 15.2 Å². The summed E-state index contributed by atoms with van der Waals surface area (Å²) in [6.45, 7) is 9.34. The summed E-state index contributed by atoms with van der Waals surface area (Å²) >= 11 is 0. The van der Waals surface area contributed by atoms with Gasteiger partial charge < -0.3 is 29.7 Å². The maximum atomic E-state index is 15.1. The van der Waals surface area contributed by atoms with Crippen LogP contribution in [0.4, 0.5) is 21.6 Å². The molecule has 0 saturated carbocycles. The van der Waals surface area contributed by atoms with Gasteiger partial charge in [0.05, 0.1) is 31.4 Å². The summed E-state index contributed by atoms with van der Waals surface area (Å²) in [5.74, 6) is 0.563. The number of carbonyl (C=O) groups is 1. The number of carbonyl (C=O) groups excluding carboxylic acids is 1. The van der Waals surface area contributed by atoms with Gasteiger partial charge in [-0.3, -0.25) is 9.69 Å². The summed E-state index contributed by atoms with van der Waals surface area (Å²) in [6.07, 6.45) is -1.54. The number of ether oxygens (including phenoxy) is 2. The van der Waals surface area contributed by atoms with Crippen molar-refractivity contribution in [2.75, 3.05) is 62.7 Å². The predicted molar refractivity (Wildman–Crippen MR) is 172 cm³/mol. The zero-order valence-electron chi connectivity index (χ0n) is 26.2. The lowest BCUT2D eigenvalue weighted by Crippen LogP contribution is -2.56. The van der Waals surface area contributed by atoms with E-state index < -0.39 is 24.3 Å². The minimum absolute atomic E-state index is 0.169. The summed E-state index contributed by atoms with van der Waals surface area (Å²) in [5, 5.41) is 23.3. The second-order valence-electron chi connectivity index (χ2n) is 12.4. The highest BCUT2D eigenvalue weighted by Gasteiger charge is 2.36. The van der Waals surface area contributed by atoms with E-state index in [0.29, 0.717) is 23.2 Å². The number of likely N-dealkylation sites (tertiary alicyclic amines) is 1. The molecule has 0 unspecified atom stereocenters. The van der Waals surface area contributed by atoms with Crippen LogP contribution in [0.3, 0.4) is 0 Å². The van der Waals surface area contributed by atoms with Crippen LogP contribution >= 0.6 is 0 Å². The second-order valence-corrected chi connectivity index (χ2v) is 12.4. The van der Waals surface area contributed by atoms with Gasteiger partial charge in [0.2, 0.25) is 0 Å². The summed E-state index contributed by atoms with van der Waals surface area (Å²) in [6, 6.07) is 17.8. The van der Waals surface area contributed by atoms with E-state index in [2.05, 4.69) is 43.3 Å². The van der Waals surface area contributed by atoms with Gasteiger partial charge in [0.1, 0.15) is 29.8 Å². The Morgan fingerprint density at radius 3 is 2.52 bits per heavy atom. The molecule has 6 rings (SSSR count). The Balaban J connectivity index is 1.06. The van der Waals surface area contributed by atoms with E-state index in [4.69, 9.17) is 9.47 Å². The molecule has 2 N–H and O–H groups in total. The van der Waals surface area contributed by atoms with Gasteiger partial charge in [-0.05, 0) is 54.4 Å². The fourth-order valence-corrected chi connectivity index (χ4v) is 5.96. The number of aliphatic hydroxyl groups excluding tert-OH is 1. The van der Waals surface area contributed by atoms with E-state index in [-0.39, 0.29) is 36.7 Å². The number of rotatable bonds is 9. The van der Waals surface area contributed by atoms with Crippen LogP contribution in [0, 0.1) is 17.2 Å². The molecular formula is C34H40FN7O4. The van der Waals surface area contributed by atoms with E-state index in [1.165, 1.54) is 10.6 Å². The van der Waals surface area contributed by atoms with Gasteiger partial charge in [-0.2, -0.15) is 5.26 Å². The molecule has 11 nitrogen and oxygen atoms in total. The number of nitriles is 1. The molecule has 46 heavy (non-hydrogen) atoms. The third-order valence-electron chi connectivity index (χ3n) is 8.93. The monoisotopic (exact) mass is 629 g/mol. The smallest absolute Gasteiger partial charge is 0.251 e. The zero-order chi connectivity index (χ0) is 32.2. The Bertz CT molecular complexity index is 1550. The van der Waals surface area contributed by atoms with Gasteiger partial charge in [-0.15, -0.1) is 0 Å². The predicted octanol–water partition coefficient (Wildman–Crippen LogP) is 3.61. The van der Waals surface area contributed by atoms with Crippen molar-refractivity contribution < 1.29 is 23.8 Å². The van der Waals surface area contributed by atoms with Crippen molar-refractivity contribution in [1.82, 2.24) is 19.8 Å². The molecule has 0 radical (unpaired) electrons. The lowest BCUT2D eigenvalue weighted by atomic mass is 10.0. The number of benzene rings is 2. The number of aromatic nitrogens is 2. The zero-order valence-corrected chi connectivity index (χ0v) is 26.2. The van der Waals surface area contributed by atoms with Gasteiger partial charge in [0.25, 0.3) is 5.91 Å². The summed E-state index contributed by atoms with van der Waals surface area (Å²) in [4.78, 5) is 27.8. The SMILES string of the molecule is CC(C)[C@@H](O)C(=O)N1CC[C@H](Oc2ccc(-c3nccc(Nc4ccc(N5CCN(C6COC6)CC5)cc4)n3)cc2C#N)[C@H](F)C1. The van der Waals surface area contributed by atoms with Crippen LogP contribution in [0.25, 0.3) is 11.4 Å². The van der Waals surface area contributed by atoms with Crippen LogP contribution in [0.5, 0.6) is 5.75 Å². The van der Waals surface area contributed by atoms with E-state index in [1.807, 2.05) is 12.1 Å². The van der Waals surface area contributed by atoms with Crippen molar-refractivity contribution in [3.63, 3.8) is 0 Å². The van der Waals surface area contributed by atoms with Crippen LogP contribution < -0.4 is 15.0 Å². The average molecular weight is 630 g/mol. The normalized spacial score (nSPS) is 21.4. The van der Waals surface area contributed by atoms with Gasteiger partial charge in [-0.1, -0.05) is 13.8 Å². The fraction of sp³-hybridized carbons (Fsp3) is 0.471. The number of hydrogen-bond donors (Lipinski definition) is 2. The highest BCUT2D eigenvalue weighted by Crippen LogP contribution is 2.29. The van der Waals surface area contributed by atoms with Crippen molar-refractivity contribution in [3.05, 3.63) is 60.3 Å². The number of halogens is 1. The molecule has 0 aliphatic carbocycles. The molecule has 3 aromatic rings. The highest BCUT2D eigenvalue weighted by molar-refractivity contribution is 5.81. The summed E-state index contributed by atoms with van der Waals surface area (Å²) in [5.41, 5.74) is 2.94. The number of piperazine rings is 1. The molecule has 1 amide bonds. The largest absolute Gasteiger partial charge is 0.486 e. The quantitative estimate of drug-likeness (QED) is 0.363. The third-order valence-corrected chi connectivity index (χ3v) is 8.93. The standard InChI is InChI=1S/C34H40FN7O4/c1-22(2)32(43)34(44)42-12-10-30(28(35)19-42)46-29-8-3-23(17-24(29)18-36)33-37-11-9-31(39-33)38-25-4-6-26(7-5-25)40-13-15-41(16-14-40)27-20-45-21-27/h3-9,11,17,22,27-28,30,32,43H,10,12-16,19-21H2,1-2H3,(H,37,38,39)/t28-,30+,32-/m1/s1. The van der Waals surface area contributed by atoms with Crippen LogP contribution in [0.15, 0.2) is 54.7 Å². The Morgan fingerprint density at radius 2 is 1.87 bits per heavy atom. The number of aliphatic hydroxyl groups is 1. The van der Waals surface area contributed by atoms with E-state index >= 15 is 4.39 Å². The maximum Gasteiger partial charge on any atom is 0.251 e. The first-order chi connectivity index (χ1) is 22.3. The molecule has 4 heterocycles. The van der Waals surface area contributed by atoms with E-state index in [1.54, 1.807) is 44.3 Å². The molecule has 3 atom stereocenters. The number of anilines is 3. The molecular weight excluding hydrogens is 589 g/mol. The molecule has 2 aromatic carbocycles. The molecule has 3 fully saturated rings. The molecule has 0 bridgehead atoms. The van der Waals surface area contributed by atoms with Gasteiger partial charge in [-0.25, -0.2) is 14.4 Å². The molecule has 3 aliphatic heterocycles. The number of hydrogen-bond acceptors (Lipinski definition) is 10. The second kappa shape index (κ2) is 14.0. The van der Waals surface area contributed by atoms with Crippen molar-refractivity contribution in [2.45, 2.75) is 44.7 Å². The lowest BCUT2D eigenvalue weighted by Gasteiger charge is -2.43. The van der Waals surface area contributed by atoms with Crippen molar-refractivity contribution in [3.8, 4) is 23.2 Å². The average Bonchev–Trinajstić information content (AvgIpc) is 3.05. The minimum Gasteiger partial charge on any atom is -0.486 e. The molecule has 3 aliphatic rings. The number of nitrogens with zero attached hydrogens (tertiary/aromatic N) is 6. The van der Waals surface area contributed by atoms with Gasteiger partial charge >= 0.3 is 0 Å². The van der Waals surface area contributed by atoms with Crippen LogP contribution in [-0.2, 0) is 9.53 Å². The van der Waals surface area contributed by atoms with Crippen molar-refractivity contribution >= 4 is 23.1 Å². The topological polar surface area (TPSA) is 127 Å². The fourth-order valence-electron chi connectivity index (χ4n) is 5.96. The Labute approximate surface area is 268 Å². The molecule has 0 spiro atoms. The van der Waals surface area contributed by atoms with Crippen molar-refractivity contribution in [2.24, 2.45) is 5.92 Å². The van der Waals surface area contributed by atoms with Gasteiger partial charge in [0.15, 0.2) is 12.0 Å². The number of alkyl halides is 1. The first-order valence-corrected chi connectivity index (χ1v) is 15.9. The first-order valence-electron chi connectivity index (χ1n) is 15.9. The Hall–Kier alpha value is -4.31. The summed E-state index contributed by atoms with van der Waals surface area (Å²) in [7, 11) is 0. The summed E-state index contributed by atoms with van der Waals surface area (Å²) < 4.78 is 26.3. The minimum atomic E-state index is -1.46. The highest BCUT2D eigenvalue weighted by atomic mass is 19.1. The van der Waals surface area contributed by atoms with Crippen LogP contribution in [-0.4, -0.2) is 108 Å². The third kappa shape index (κ3) is 7.07. The first kappa shape index (κ1) is 31.7. The number of piperidine rings is 1. The number of nitrogens with one attached hydrogen (secondary N) is 1. The van der Waals surface area contributed by atoms with Gasteiger partial charge in [0, 0.05) is 62.3 Å². The number of amides is 1. The molecule has 1 aromatic heterocycles. The van der Waals surface area contributed by atoms with Crippen molar-refractivity contribution in [1.29, 1.82) is 5.26 Å². The molecule has 242 valence electrons. The van der Waals surface area contributed by atoms with Crippen LogP contribution in [0.1, 0.15) is 25.8 Å². The Kier molecular flexibility index (Phi) is 9.63. The maximum absolute atomic E-state index is 15.1. The molecule has 3 saturated heterocycles. The molecule has 12 heteroatoms. The van der Waals surface area contributed by atoms with E-state index in [0.717, 1.165) is 45.1 Å². The van der Waals surface area contributed by atoms with Crippen LogP contribution in [0.2, 0.25) is 0 Å². The Morgan fingerprint density at radius 1 is 1.11 bits per heavy atom. The lowest BCUT2D eigenvalue weighted by molar-refractivity contribution is -0.146.